The van der Waals surface area contributed by atoms with Crippen molar-refractivity contribution in [1.82, 2.24) is 4.90 Å². The van der Waals surface area contributed by atoms with Gasteiger partial charge in [0.25, 0.3) is 0 Å². The first kappa shape index (κ1) is 11.1. The van der Waals surface area contributed by atoms with Gasteiger partial charge in [-0.15, -0.1) is 0 Å². The number of hydrogen-bond acceptors (Lipinski definition) is 4. The van der Waals surface area contributed by atoms with Crippen LogP contribution in [0.1, 0.15) is 5.56 Å². The van der Waals surface area contributed by atoms with Crippen LogP contribution in [0.2, 0.25) is 0 Å². The third-order valence-electron chi connectivity index (χ3n) is 2.79. The van der Waals surface area contributed by atoms with Gasteiger partial charge in [0.05, 0.1) is 0 Å². The topological polar surface area (TPSA) is 49.8 Å². The van der Waals surface area contributed by atoms with E-state index in [-0.39, 0.29) is 6.54 Å². The fourth-order valence-electron chi connectivity index (χ4n) is 1.87. The van der Waals surface area contributed by atoms with E-state index in [1.54, 1.807) is 24.3 Å². The average Bonchev–Trinajstić information content (AvgIpc) is 2.41. The number of carbonyl (C=O) groups is 1. The third kappa shape index (κ3) is 1.94. The highest BCUT2D eigenvalue weighted by Crippen LogP contribution is 2.25. The summed E-state index contributed by atoms with van der Waals surface area (Å²) in [6.45, 7) is 1.22. The van der Waals surface area contributed by atoms with Gasteiger partial charge in [-0.05, 0) is 12.6 Å². The Hall–Kier alpha value is -1.39. The Bertz CT molecular complexity index is 379. The minimum absolute atomic E-state index is 0.260. The molecular weight excluding hydrogens is 206 g/mol. The first-order valence-electron chi connectivity index (χ1n) is 5.26. The monoisotopic (exact) mass is 221 g/mol. The van der Waals surface area contributed by atoms with Gasteiger partial charge in [0.2, 0.25) is 0 Å². The Morgan fingerprint density at radius 1 is 1.38 bits per heavy atom. The quantitative estimate of drug-likeness (QED) is 0.696. The van der Waals surface area contributed by atoms with Crippen molar-refractivity contribution in [2.24, 2.45) is 0 Å². The van der Waals surface area contributed by atoms with Crippen molar-refractivity contribution < 1.29 is 14.6 Å². The Balaban J connectivity index is 2.37. The lowest BCUT2D eigenvalue weighted by Gasteiger charge is -2.26. The van der Waals surface area contributed by atoms with Crippen LogP contribution in [0, 0.1) is 0 Å². The number of nitrogens with zero attached hydrogens (tertiary/aromatic N) is 1. The van der Waals surface area contributed by atoms with Crippen LogP contribution in [-0.4, -0.2) is 42.7 Å². The molecule has 86 valence electrons. The van der Waals surface area contributed by atoms with Gasteiger partial charge in [-0.25, -0.2) is 4.79 Å². The second-order valence-corrected chi connectivity index (χ2v) is 4.10. The maximum atomic E-state index is 11.8. The number of esters is 1. The molecule has 0 spiro atoms. The summed E-state index contributed by atoms with van der Waals surface area (Å²) in [4.78, 5) is 13.7. The summed E-state index contributed by atoms with van der Waals surface area (Å²) in [5, 5.41) is 10.4. The maximum Gasteiger partial charge on any atom is 0.344 e. The van der Waals surface area contributed by atoms with Crippen molar-refractivity contribution in [3.8, 4) is 0 Å². The molecule has 0 unspecified atom stereocenters. The number of rotatable bonds is 1. The molecular formula is C12H15NO3. The summed E-state index contributed by atoms with van der Waals surface area (Å²) in [7, 11) is 1.86. The van der Waals surface area contributed by atoms with Crippen LogP contribution >= 0.6 is 0 Å². The molecule has 0 aromatic heterocycles. The Morgan fingerprint density at radius 3 is 2.75 bits per heavy atom. The SMILES string of the molecule is CN1CCOC(=O)[C@@](O)(c2ccccc2)C1. The van der Waals surface area contributed by atoms with Crippen molar-refractivity contribution in [2.75, 3.05) is 26.7 Å². The van der Waals surface area contributed by atoms with E-state index in [9.17, 15) is 9.90 Å². The molecule has 16 heavy (non-hydrogen) atoms. The second kappa shape index (κ2) is 4.23. The number of likely N-dealkylation sites (N-methyl/N-ethyl adjacent to an activating group) is 1. The standard InChI is InChI=1S/C12H15NO3/c1-13-7-8-16-11(14)12(15,9-13)10-5-3-2-4-6-10/h2-6,15H,7-9H2,1H3/t12-/m0/s1. The van der Waals surface area contributed by atoms with Crippen molar-refractivity contribution in [2.45, 2.75) is 5.60 Å². The highest BCUT2D eigenvalue weighted by atomic mass is 16.6. The summed E-state index contributed by atoms with van der Waals surface area (Å²) in [5.74, 6) is -0.567. The van der Waals surface area contributed by atoms with E-state index >= 15 is 0 Å². The Morgan fingerprint density at radius 2 is 2.06 bits per heavy atom. The zero-order chi connectivity index (χ0) is 11.6. The maximum absolute atomic E-state index is 11.8. The largest absolute Gasteiger partial charge is 0.462 e. The lowest BCUT2D eigenvalue weighted by atomic mass is 9.93. The number of aliphatic hydroxyl groups is 1. The molecule has 0 amide bonds. The molecule has 0 saturated carbocycles. The van der Waals surface area contributed by atoms with Crippen molar-refractivity contribution in [1.29, 1.82) is 0 Å². The minimum Gasteiger partial charge on any atom is -0.462 e. The number of hydrogen-bond donors (Lipinski definition) is 1. The van der Waals surface area contributed by atoms with E-state index in [0.29, 0.717) is 18.7 Å². The number of β-amino-alcohol motifs (C(OH)–C–C–N with tert-alkyl or cyclic N) is 1. The molecule has 0 bridgehead atoms. The number of benzene rings is 1. The minimum atomic E-state index is -1.55. The highest BCUT2D eigenvalue weighted by molar-refractivity contribution is 5.81. The zero-order valence-electron chi connectivity index (χ0n) is 9.22. The normalized spacial score (nSPS) is 27.2. The lowest BCUT2D eigenvalue weighted by molar-refractivity contribution is -0.164. The molecule has 1 heterocycles. The van der Waals surface area contributed by atoms with E-state index in [1.165, 1.54) is 0 Å². The molecule has 1 aromatic carbocycles. The summed E-state index contributed by atoms with van der Waals surface area (Å²) < 4.78 is 5.01. The van der Waals surface area contributed by atoms with Crippen molar-refractivity contribution in [3.63, 3.8) is 0 Å². The van der Waals surface area contributed by atoms with Gasteiger partial charge in [-0.3, -0.25) is 4.90 Å². The van der Waals surface area contributed by atoms with Crippen LogP contribution in [0.25, 0.3) is 0 Å². The Kier molecular flexibility index (Phi) is 2.94. The first-order valence-corrected chi connectivity index (χ1v) is 5.26. The first-order chi connectivity index (χ1) is 7.63. The van der Waals surface area contributed by atoms with E-state index in [4.69, 9.17) is 4.74 Å². The van der Waals surface area contributed by atoms with E-state index < -0.39 is 11.6 Å². The van der Waals surface area contributed by atoms with Gasteiger partial charge < -0.3 is 9.84 Å². The number of cyclic esters (lactones) is 1. The molecule has 1 aromatic rings. The number of ether oxygens (including phenoxy) is 1. The highest BCUT2D eigenvalue weighted by Gasteiger charge is 2.42. The molecule has 1 saturated heterocycles. The van der Waals surface area contributed by atoms with Gasteiger partial charge in [-0.1, -0.05) is 30.3 Å². The van der Waals surface area contributed by atoms with Crippen LogP contribution in [0.15, 0.2) is 30.3 Å². The molecule has 0 aliphatic carbocycles. The molecule has 1 aliphatic heterocycles. The van der Waals surface area contributed by atoms with Gasteiger partial charge in [0.15, 0.2) is 5.60 Å². The van der Waals surface area contributed by atoms with Crippen LogP contribution in [-0.2, 0) is 15.1 Å². The van der Waals surface area contributed by atoms with Crippen LogP contribution in [0.4, 0.5) is 0 Å². The van der Waals surface area contributed by atoms with Gasteiger partial charge >= 0.3 is 5.97 Å². The molecule has 1 aliphatic rings. The van der Waals surface area contributed by atoms with Crippen molar-refractivity contribution in [3.05, 3.63) is 35.9 Å². The summed E-state index contributed by atoms with van der Waals surface area (Å²) >= 11 is 0. The van der Waals surface area contributed by atoms with Crippen LogP contribution in [0.3, 0.4) is 0 Å². The van der Waals surface area contributed by atoms with Crippen LogP contribution in [0.5, 0.6) is 0 Å². The number of carbonyl (C=O) groups excluding carboxylic acids is 1. The lowest BCUT2D eigenvalue weighted by Crippen LogP contribution is -2.43. The van der Waals surface area contributed by atoms with E-state index in [2.05, 4.69) is 0 Å². The van der Waals surface area contributed by atoms with Crippen LogP contribution < -0.4 is 0 Å². The predicted octanol–water partition coefficient (Wildman–Crippen LogP) is 0.363. The van der Waals surface area contributed by atoms with Gasteiger partial charge in [-0.2, -0.15) is 0 Å². The van der Waals surface area contributed by atoms with E-state index in [0.717, 1.165) is 0 Å². The molecule has 0 radical (unpaired) electrons. The predicted molar refractivity (Wildman–Crippen MR) is 58.8 cm³/mol. The van der Waals surface area contributed by atoms with E-state index in [1.807, 2.05) is 18.0 Å². The summed E-state index contributed by atoms with van der Waals surface area (Å²) in [6.07, 6.45) is 0. The average molecular weight is 221 g/mol. The van der Waals surface area contributed by atoms with Gasteiger partial charge in [0, 0.05) is 13.1 Å². The fourth-order valence-corrected chi connectivity index (χ4v) is 1.87. The van der Waals surface area contributed by atoms with Gasteiger partial charge in [0.1, 0.15) is 6.61 Å². The third-order valence-corrected chi connectivity index (χ3v) is 2.79. The Labute approximate surface area is 94.4 Å². The smallest absolute Gasteiger partial charge is 0.344 e. The molecule has 2 rings (SSSR count). The molecule has 1 atom stereocenters. The zero-order valence-corrected chi connectivity index (χ0v) is 9.22. The molecule has 1 fully saturated rings. The molecule has 1 N–H and O–H groups in total. The second-order valence-electron chi connectivity index (χ2n) is 4.10. The molecule has 4 heteroatoms. The summed E-state index contributed by atoms with van der Waals surface area (Å²) in [6, 6.07) is 8.91. The fraction of sp³-hybridized carbons (Fsp3) is 0.417. The molecule has 4 nitrogen and oxygen atoms in total. The summed E-state index contributed by atoms with van der Waals surface area (Å²) in [5.41, 5.74) is -0.972. The van der Waals surface area contributed by atoms with Crippen molar-refractivity contribution >= 4 is 5.97 Å².